The van der Waals surface area contributed by atoms with Gasteiger partial charge in [0.05, 0.1) is 31.7 Å². The largest absolute Gasteiger partial charge is 0.493 e. The highest BCUT2D eigenvalue weighted by Crippen LogP contribution is 2.36. The number of hydrogen-bond donors (Lipinski definition) is 1. The summed E-state index contributed by atoms with van der Waals surface area (Å²) >= 11 is 0. The zero-order chi connectivity index (χ0) is 24.9. The molecule has 2 aliphatic heterocycles. The lowest BCUT2D eigenvalue weighted by atomic mass is 10.1. The molecule has 8 heteroatoms. The molecule has 3 heterocycles. The van der Waals surface area contributed by atoms with E-state index >= 15 is 0 Å². The minimum absolute atomic E-state index is 0.0819. The first-order valence-electron chi connectivity index (χ1n) is 12.2. The lowest BCUT2D eigenvalue weighted by Crippen LogP contribution is -2.45. The third kappa shape index (κ3) is 5.16. The number of anilines is 2. The summed E-state index contributed by atoms with van der Waals surface area (Å²) in [6.07, 6.45) is 8.98. The van der Waals surface area contributed by atoms with Crippen LogP contribution in [-0.4, -0.2) is 72.4 Å². The van der Waals surface area contributed by atoms with Gasteiger partial charge in [-0.2, -0.15) is 0 Å². The van der Waals surface area contributed by atoms with Crippen molar-refractivity contribution < 1.29 is 14.2 Å². The predicted molar refractivity (Wildman–Crippen MR) is 141 cm³/mol. The highest BCUT2D eigenvalue weighted by Gasteiger charge is 2.25. The van der Waals surface area contributed by atoms with E-state index in [1.807, 2.05) is 36.4 Å². The van der Waals surface area contributed by atoms with Crippen molar-refractivity contribution in [2.75, 3.05) is 51.8 Å². The van der Waals surface area contributed by atoms with E-state index in [0.29, 0.717) is 17.3 Å². The monoisotopic (exact) mass is 485 g/mol. The molecule has 0 saturated carbocycles. The third-order valence-corrected chi connectivity index (χ3v) is 6.69. The Labute approximate surface area is 211 Å². The molecule has 2 aromatic carbocycles. The third-order valence-electron chi connectivity index (χ3n) is 6.69. The van der Waals surface area contributed by atoms with Crippen LogP contribution in [0.15, 0.2) is 55.1 Å². The number of methoxy groups -OCH3 is 1. The topological polar surface area (TPSA) is 72.0 Å². The molecule has 3 aromatic rings. The van der Waals surface area contributed by atoms with Crippen LogP contribution >= 0.6 is 0 Å². The normalized spacial score (nSPS) is 16.4. The number of rotatable bonds is 7. The summed E-state index contributed by atoms with van der Waals surface area (Å²) in [5.41, 5.74) is 2.42. The van der Waals surface area contributed by atoms with Gasteiger partial charge in [0.1, 0.15) is 18.2 Å². The van der Waals surface area contributed by atoms with E-state index in [0.717, 1.165) is 80.2 Å². The van der Waals surface area contributed by atoms with Crippen LogP contribution in [0.1, 0.15) is 18.4 Å². The van der Waals surface area contributed by atoms with Gasteiger partial charge in [0, 0.05) is 61.7 Å². The first-order valence-corrected chi connectivity index (χ1v) is 12.2. The number of nitrogens with one attached hydrogen (secondary N) is 1. The van der Waals surface area contributed by atoms with E-state index in [2.05, 4.69) is 37.6 Å². The van der Waals surface area contributed by atoms with Crippen LogP contribution in [0.2, 0.25) is 0 Å². The van der Waals surface area contributed by atoms with Gasteiger partial charge in [-0.15, -0.1) is 6.42 Å². The molecule has 5 rings (SSSR count). The first-order chi connectivity index (χ1) is 17.6. The Balaban J connectivity index is 1.32. The van der Waals surface area contributed by atoms with E-state index < -0.39 is 0 Å². The Bertz CT molecular complexity index is 1270. The van der Waals surface area contributed by atoms with Crippen LogP contribution in [0, 0.1) is 12.3 Å². The SMILES string of the molecule is C#Cc1cccc(Nc2ncnc3cc(OC)c(OC4CCN(C(=C)N5CCOCC5)CC4)cc23)c1. The molecule has 0 atom stereocenters. The van der Waals surface area contributed by atoms with Gasteiger partial charge in [-0.25, -0.2) is 9.97 Å². The summed E-state index contributed by atoms with van der Waals surface area (Å²) < 4.78 is 17.6. The maximum atomic E-state index is 6.48. The first kappa shape index (κ1) is 23.8. The van der Waals surface area contributed by atoms with Gasteiger partial charge >= 0.3 is 0 Å². The van der Waals surface area contributed by atoms with Gasteiger partial charge in [-0.05, 0) is 24.3 Å². The zero-order valence-electron chi connectivity index (χ0n) is 20.6. The van der Waals surface area contributed by atoms with Crippen molar-refractivity contribution >= 4 is 22.4 Å². The Morgan fingerprint density at radius 2 is 1.86 bits per heavy atom. The highest BCUT2D eigenvalue weighted by molar-refractivity contribution is 5.93. The molecule has 2 aliphatic rings. The molecule has 0 amide bonds. The number of nitrogens with zero attached hydrogens (tertiary/aromatic N) is 4. The van der Waals surface area contributed by atoms with E-state index in [1.54, 1.807) is 7.11 Å². The van der Waals surface area contributed by atoms with Crippen LogP contribution in [0.4, 0.5) is 11.5 Å². The lowest BCUT2D eigenvalue weighted by molar-refractivity contribution is 0.0285. The second-order valence-corrected chi connectivity index (χ2v) is 8.91. The maximum absolute atomic E-state index is 6.48. The van der Waals surface area contributed by atoms with Gasteiger partial charge in [0.15, 0.2) is 11.5 Å². The highest BCUT2D eigenvalue weighted by atomic mass is 16.5. The summed E-state index contributed by atoms with van der Waals surface area (Å²) in [6.45, 7) is 9.45. The Morgan fingerprint density at radius 1 is 1.08 bits per heavy atom. The molecule has 0 spiro atoms. The molecule has 1 aromatic heterocycles. The van der Waals surface area contributed by atoms with E-state index in [1.165, 1.54) is 6.33 Å². The molecule has 36 heavy (non-hydrogen) atoms. The van der Waals surface area contributed by atoms with Crippen molar-refractivity contribution in [3.63, 3.8) is 0 Å². The number of terminal acetylenes is 1. The molecule has 186 valence electrons. The predicted octanol–water partition coefficient (Wildman–Crippen LogP) is 4.01. The number of hydrogen-bond acceptors (Lipinski definition) is 8. The minimum Gasteiger partial charge on any atom is -0.493 e. The summed E-state index contributed by atoms with van der Waals surface area (Å²) in [6, 6.07) is 11.5. The van der Waals surface area contributed by atoms with Gasteiger partial charge in [-0.1, -0.05) is 18.6 Å². The second kappa shape index (κ2) is 10.8. The maximum Gasteiger partial charge on any atom is 0.162 e. The molecule has 2 fully saturated rings. The smallest absolute Gasteiger partial charge is 0.162 e. The van der Waals surface area contributed by atoms with Crippen molar-refractivity contribution in [1.29, 1.82) is 0 Å². The lowest BCUT2D eigenvalue weighted by Gasteiger charge is -2.40. The van der Waals surface area contributed by atoms with Gasteiger partial charge in [-0.3, -0.25) is 0 Å². The Morgan fingerprint density at radius 3 is 2.61 bits per heavy atom. The molecule has 1 N–H and O–H groups in total. The molecule has 0 unspecified atom stereocenters. The minimum atomic E-state index is 0.0819. The zero-order valence-corrected chi connectivity index (χ0v) is 20.6. The fourth-order valence-electron chi connectivity index (χ4n) is 4.67. The summed E-state index contributed by atoms with van der Waals surface area (Å²) in [5, 5.41) is 4.21. The molecular weight excluding hydrogens is 454 g/mol. The number of likely N-dealkylation sites (tertiary alicyclic amines) is 1. The van der Waals surface area contributed by atoms with Crippen molar-refractivity contribution in [2.24, 2.45) is 0 Å². The van der Waals surface area contributed by atoms with Crippen molar-refractivity contribution in [3.8, 4) is 23.8 Å². The van der Waals surface area contributed by atoms with Crippen LogP contribution in [0.3, 0.4) is 0 Å². The average Bonchev–Trinajstić information content (AvgIpc) is 2.93. The fourth-order valence-corrected chi connectivity index (χ4v) is 4.67. The van der Waals surface area contributed by atoms with E-state index in [-0.39, 0.29) is 6.10 Å². The van der Waals surface area contributed by atoms with Gasteiger partial charge < -0.3 is 29.3 Å². The number of fused-ring (bicyclic) bond motifs is 1. The number of benzene rings is 2. The van der Waals surface area contributed by atoms with Crippen molar-refractivity contribution in [2.45, 2.75) is 18.9 Å². The van der Waals surface area contributed by atoms with Crippen LogP contribution in [-0.2, 0) is 4.74 Å². The number of morpholine rings is 1. The summed E-state index contributed by atoms with van der Waals surface area (Å²) in [5.74, 6) is 5.77. The average molecular weight is 486 g/mol. The molecule has 0 radical (unpaired) electrons. The molecule has 0 aliphatic carbocycles. The summed E-state index contributed by atoms with van der Waals surface area (Å²) in [4.78, 5) is 13.6. The van der Waals surface area contributed by atoms with Gasteiger partial charge in [0.2, 0.25) is 0 Å². The van der Waals surface area contributed by atoms with Crippen LogP contribution in [0.25, 0.3) is 10.9 Å². The Hall–Kier alpha value is -3.96. The van der Waals surface area contributed by atoms with E-state index in [9.17, 15) is 0 Å². The van der Waals surface area contributed by atoms with E-state index in [4.69, 9.17) is 20.6 Å². The molecular formula is C28H31N5O3. The Kier molecular flexibility index (Phi) is 7.10. The number of ether oxygens (including phenoxy) is 3. The summed E-state index contributed by atoms with van der Waals surface area (Å²) in [7, 11) is 1.65. The van der Waals surface area contributed by atoms with Crippen LogP contribution in [0.5, 0.6) is 11.5 Å². The fraction of sp³-hybridized carbons (Fsp3) is 0.357. The quantitative estimate of drug-likeness (QED) is 0.504. The van der Waals surface area contributed by atoms with Crippen molar-refractivity contribution in [3.05, 3.63) is 60.7 Å². The standard InChI is InChI=1S/C28H31N5O3/c1-4-21-6-5-7-22(16-21)31-28-24-17-27(26(34-3)18-25(24)29-19-30-28)36-23-8-10-32(11-9-23)20(2)33-12-14-35-15-13-33/h1,5-7,16-19,23H,2,8-15H2,3H3,(H,29,30,31). The molecule has 8 nitrogen and oxygen atoms in total. The number of aromatic nitrogens is 2. The number of piperidine rings is 1. The van der Waals surface area contributed by atoms with Crippen molar-refractivity contribution in [1.82, 2.24) is 19.8 Å². The molecule has 2 saturated heterocycles. The second-order valence-electron chi connectivity index (χ2n) is 8.91. The van der Waals surface area contributed by atoms with Gasteiger partial charge in [0.25, 0.3) is 0 Å². The van der Waals surface area contributed by atoms with Crippen LogP contribution < -0.4 is 14.8 Å². The molecule has 0 bridgehead atoms.